The van der Waals surface area contributed by atoms with Crippen LogP contribution in [-0.2, 0) is 13.0 Å². The number of aromatic amines is 1. The molecule has 3 aromatic rings. The van der Waals surface area contributed by atoms with E-state index in [1.165, 1.54) is 11.3 Å². The number of imidazole rings is 1. The fourth-order valence-electron chi connectivity index (χ4n) is 2.79. The summed E-state index contributed by atoms with van der Waals surface area (Å²) in [6, 6.07) is 0. The summed E-state index contributed by atoms with van der Waals surface area (Å²) in [5.41, 5.74) is 0.645. The second-order valence-corrected chi connectivity index (χ2v) is 6.22. The average Bonchev–Trinajstić information content (AvgIpc) is 3.19. The van der Waals surface area contributed by atoms with Gasteiger partial charge in [-0.1, -0.05) is 0 Å². The molecule has 0 saturated heterocycles. The third kappa shape index (κ3) is 1.87. The van der Waals surface area contributed by atoms with Gasteiger partial charge in [0.1, 0.15) is 10.7 Å². The normalized spacial score (nSPS) is 13.5. The summed E-state index contributed by atoms with van der Waals surface area (Å²) >= 11 is 1.26. The number of anilines is 1. The summed E-state index contributed by atoms with van der Waals surface area (Å²) < 4.78 is 1.72. The summed E-state index contributed by atoms with van der Waals surface area (Å²) in [5, 5.41) is 3.24. The first-order chi connectivity index (χ1) is 10.6. The van der Waals surface area contributed by atoms with Crippen LogP contribution in [0.3, 0.4) is 0 Å². The van der Waals surface area contributed by atoms with E-state index in [9.17, 15) is 9.59 Å². The first-order valence-electron chi connectivity index (χ1n) is 6.98. The lowest BCUT2D eigenvalue weighted by atomic mass is 10.2. The second kappa shape index (κ2) is 4.77. The van der Waals surface area contributed by atoms with Crippen molar-refractivity contribution in [3.05, 3.63) is 39.0 Å². The number of carbonyl (C=O) groups is 1. The highest BCUT2D eigenvalue weighted by molar-refractivity contribution is 7.20. The number of H-pyrrole nitrogens is 1. The van der Waals surface area contributed by atoms with Gasteiger partial charge in [-0.05, 0) is 18.9 Å². The molecule has 0 bridgehead atoms. The molecule has 0 unspecified atom stereocenters. The van der Waals surface area contributed by atoms with Crippen molar-refractivity contribution in [2.45, 2.75) is 26.3 Å². The number of rotatable bonds is 2. The predicted molar refractivity (Wildman–Crippen MR) is 83.5 cm³/mol. The first-order valence-corrected chi connectivity index (χ1v) is 7.80. The molecule has 22 heavy (non-hydrogen) atoms. The zero-order chi connectivity index (χ0) is 15.3. The van der Waals surface area contributed by atoms with Crippen LogP contribution in [0.5, 0.6) is 0 Å². The van der Waals surface area contributed by atoms with Crippen molar-refractivity contribution in [3.63, 3.8) is 0 Å². The average molecular weight is 315 g/mol. The highest BCUT2D eigenvalue weighted by Crippen LogP contribution is 2.29. The van der Waals surface area contributed by atoms with E-state index in [0.717, 1.165) is 18.7 Å². The highest BCUT2D eigenvalue weighted by Gasteiger charge is 2.23. The van der Waals surface area contributed by atoms with E-state index in [1.807, 2.05) is 0 Å². The number of nitrogens with zero attached hydrogens (tertiary/aromatic N) is 3. The van der Waals surface area contributed by atoms with Crippen LogP contribution in [0, 0.1) is 6.92 Å². The molecule has 0 saturated carbocycles. The Morgan fingerprint density at radius 3 is 3.14 bits per heavy atom. The third-order valence-electron chi connectivity index (χ3n) is 3.85. The van der Waals surface area contributed by atoms with Crippen molar-refractivity contribution < 1.29 is 4.79 Å². The Bertz CT molecular complexity index is 938. The maximum absolute atomic E-state index is 12.6. The summed E-state index contributed by atoms with van der Waals surface area (Å²) in [6.45, 7) is 2.50. The van der Waals surface area contributed by atoms with Gasteiger partial charge in [0.25, 0.3) is 11.5 Å². The van der Waals surface area contributed by atoms with Gasteiger partial charge >= 0.3 is 0 Å². The summed E-state index contributed by atoms with van der Waals surface area (Å²) in [6.07, 6.45) is 4.96. The quantitative estimate of drug-likeness (QED) is 0.752. The molecule has 8 heteroatoms. The summed E-state index contributed by atoms with van der Waals surface area (Å²) in [5.74, 6) is 0.922. The largest absolute Gasteiger partial charge is 0.331 e. The molecule has 1 aliphatic heterocycles. The van der Waals surface area contributed by atoms with Gasteiger partial charge in [-0.2, -0.15) is 0 Å². The van der Waals surface area contributed by atoms with Crippen molar-refractivity contribution in [1.82, 2.24) is 19.5 Å². The minimum Gasteiger partial charge on any atom is -0.331 e. The van der Waals surface area contributed by atoms with Gasteiger partial charge in [-0.3, -0.25) is 19.5 Å². The van der Waals surface area contributed by atoms with Crippen molar-refractivity contribution in [3.8, 4) is 0 Å². The molecule has 1 amide bonds. The minimum absolute atomic E-state index is 0.0386. The van der Waals surface area contributed by atoms with Crippen LogP contribution in [0.2, 0.25) is 0 Å². The van der Waals surface area contributed by atoms with Crippen LogP contribution >= 0.6 is 11.3 Å². The van der Waals surface area contributed by atoms with E-state index in [2.05, 4.69) is 20.3 Å². The molecular formula is C14H13N5O2S. The molecule has 0 spiro atoms. The molecular weight excluding hydrogens is 302 g/mol. The van der Waals surface area contributed by atoms with Gasteiger partial charge in [0.05, 0.1) is 10.3 Å². The Hall–Kier alpha value is -2.48. The lowest BCUT2D eigenvalue weighted by Gasteiger charge is -2.02. The van der Waals surface area contributed by atoms with Crippen LogP contribution in [0.25, 0.3) is 10.2 Å². The zero-order valence-corrected chi connectivity index (χ0v) is 12.7. The molecule has 0 fully saturated rings. The van der Waals surface area contributed by atoms with Crippen LogP contribution in [0.4, 0.5) is 5.95 Å². The van der Waals surface area contributed by atoms with E-state index < -0.39 is 0 Å². The summed E-state index contributed by atoms with van der Waals surface area (Å²) in [7, 11) is 0. The molecule has 7 nitrogen and oxygen atoms in total. The van der Waals surface area contributed by atoms with Gasteiger partial charge in [-0.25, -0.2) is 9.97 Å². The number of carbonyl (C=O) groups excluding carboxylic acids is 1. The first kappa shape index (κ1) is 13.2. The predicted octanol–water partition coefficient (Wildman–Crippen LogP) is 1.69. The van der Waals surface area contributed by atoms with Crippen molar-refractivity contribution in [2.75, 3.05) is 5.32 Å². The van der Waals surface area contributed by atoms with E-state index in [0.29, 0.717) is 33.2 Å². The van der Waals surface area contributed by atoms with Crippen LogP contribution in [-0.4, -0.2) is 25.4 Å². The smallest absolute Gasteiger partial charge is 0.268 e. The van der Waals surface area contributed by atoms with Gasteiger partial charge in [-0.15, -0.1) is 11.3 Å². The molecule has 2 N–H and O–H groups in total. The topological polar surface area (TPSA) is 92.7 Å². The van der Waals surface area contributed by atoms with E-state index >= 15 is 0 Å². The van der Waals surface area contributed by atoms with Gasteiger partial charge in [0, 0.05) is 25.4 Å². The molecule has 0 atom stereocenters. The Balaban J connectivity index is 1.83. The van der Waals surface area contributed by atoms with Gasteiger partial charge in [0.2, 0.25) is 5.95 Å². The number of thiophene rings is 1. The molecule has 0 radical (unpaired) electrons. The van der Waals surface area contributed by atoms with E-state index in [-0.39, 0.29) is 11.5 Å². The molecule has 0 aliphatic carbocycles. The minimum atomic E-state index is -0.278. The van der Waals surface area contributed by atoms with Gasteiger partial charge in [0.15, 0.2) is 0 Å². The number of hydrogen-bond acceptors (Lipinski definition) is 5. The van der Waals surface area contributed by atoms with Crippen molar-refractivity contribution in [1.29, 1.82) is 0 Å². The lowest BCUT2D eigenvalue weighted by Crippen LogP contribution is -2.20. The van der Waals surface area contributed by atoms with E-state index in [4.69, 9.17) is 0 Å². The highest BCUT2D eigenvalue weighted by atomic mass is 32.1. The number of hydrogen-bond donors (Lipinski definition) is 2. The Labute approximate surface area is 129 Å². The monoisotopic (exact) mass is 315 g/mol. The standard InChI is InChI=1S/C14H13N5O2S/c1-7-9-12(17-8-3-2-6-19(8)13(9)21)22-10(7)11(20)18-14-15-4-5-16-14/h4-5H,2-3,6H2,1H3,(H2,15,16,18,20). The molecule has 1 aliphatic rings. The number of aromatic nitrogens is 4. The lowest BCUT2D eigenvalue weighted by molar-refractivity contribution is 0.102. The zero-order valence-electron chi connectivity index (χ0n) is 11.8. The Kier molecular flexibility index (Phi) is 2.86. The summed E-state index contributed by atoms with van der Waals surface area (Å²) in [4.78, 5) is 37.4. The van der Waals surface area contributed by atoms with Gasteiger partial charge < -0.3 is 4.98 Å². The van der Waals surface area contributed by atoms with Crippen molar-refractivity contribution in [2.24, 2.45) is 0 Å². The Morgan fingerprint density at radius 1 is 1.50 bits per heavy atom. The van der Waals surface area contributed by atoms with Crippen LogP contribution < -0.4 is 10.9 Å². The number of amides is 1. The fraction of sp³-hybridized carbons (Fsp3) is 0.286. The number of nitrogens with one attached hydrogen (secondary N) is 2. The molecule has 0 aromatic carbocycles. The molecule has 4 heterocycles. The molecule has 3 aromatic heterocycles. The van der Waals surface area contributed by atoms with Crippen LogP contribution in [0.15, 0.2) is 17.2 Å². The van der Waals surface area contributed by atoms with E-state index in [1.54, 1.807) is 23.9 Å². The maximum atomic E-state index is 12.6. The third-order valence-corrected chi connectivity index (χ3v) is 5.03. The van der Waals surface area contributed by atoms with Crippen LogP contribution in [0.1, 0.15) is 27.5 Å². The number of aryl methyl sites for hydroxylation is 2. The number of fused-ring (bicyclic) bond motifs is 2. The van der Waals surface area contributed by atoms with Crippen molar-refractivity contribution >= 4 is 33.4 Å². The Morgan fingerprint density at radius 2 is 2.36 bits per heavy atom. The second-order valence-electron chi connectivity index (χ2n) is 5.22. The maximum Gasteiger partial charge on any atom is 0.268 e. The fourth-order valence-corrected chi connectivity index (χ4v) is 3.88. The SMILES string of the molecule is Cc1c(C(=O)Nc2ncc[nH]2)sc2nc3n(c(=O)c12)CCC3. The molecule has 112 valence electrons. The molecule has 4 rings (SSSR count).